The average molecular weight is 259 g/mol. The smallest absolute Gasteiger partial charge is 0.140 e. The molecule has 0 fully saturated rings. The van der Waals surface area contributed by atoms with Gasteiger partial charge in [-0.1, -0.05) is 30.3 Å². The van der Waals surface area contributed by atoms with Crippen molar-refractivity contribution in [1.29, 1.82) is 5.26 Å². The lowest BCUT2D eigenvalue weighted by molar-refractivity contribution is 0.807. The summed E-state index contributed by atoms with van der Waals surface area (Å²) in [6, 6.07) is 19.9. The lowest BCUT2D eigenvalue weighted by Gasteiger charge is -2.08. The SMILES string of the molecule is N#Cc1ccc(-c2nccn2Cc2ccccc2)cc1. The van der Waals surface area contributed by atoms with E-state index in [1.54, 1.807) is 6.20 Å². The minimum absolute atomic E-state index is 0.662. The van der Waals surface area contributed by atoms with E-state index < -0.39 is 0 Å². The van der Waals surface area contributed by atoms with E-state index in [1.807, 2.05) is 48.7 Å². The number of rotatable bonds is 3. The molecule has 0 spiro atoms. The molecule has 0 saturated heterocycles. The highest BCUT2D eigenvalue weighted by molar-refractivity contribution is 5.57. The summed E-state index contributed by atoms with van der Waals surface area (Å²) in [4.78, 5) is 4.42. The van der Waals surface area contributed by atoms with Crippen molar-refractivity contribution in [2.45, 2.75) is 6.54 Å². The van der Waals surface area contributed by atoms with Crippen molar-refractivity contribution >= 4 is 0 Å². The standard InChI is InChI=1S/C17H13N3/c18-12-14-6-8-16(9-7-14)17-19-10-11-20(17)13-15-4-2-1-3-5-15/h1-11H,13H2. The van der Waals surface area contributed by atoms with Gasteiger partial charge in [0.25, 0.3) is 0 Å². The van der Waals surface area contributed by atoms with Gasteiger partial charge < -0.3 is 4.57 Å². The van der Waals surface area contributed by atoms with Gasteiger partial charge in [-0.05, 0) is 29.8 Å². The maximum Gasteiger partial charge on any atom is 0.140 e. The topological polar surface area (TPSA) is 41.6 Å². The van der Waals surface area contributed by atoms with E-state index in [0.717, 1.165) is 17.9 Å². The summed E-state index contributed by atoms with van der Waals surface area (Å²) in [5.41, 5.74) is 2.92. The molecular weight excluding hydrogens is 246 g/mol. The van der Waals surface area contributed by atoms with Crippen LogP contribution in [0.25, 0.3) is 11.4 Å². The first-order valence-corrected chi connectivity index (χ1v) is 6.42. The average Bonchev–Trinajstić information content (AvgIpc) is 2.96. The van der Waals surface area contributed by atoms with Crippen molar-refractivity contribution in [3.8, 4) is 17.5 Å². The van der Waals surface area contributed by atoms with Crippen LogP contribution in [0.5, 0.6) is 0 Å². The first-order chi connectivity index (χ1) is 9.86. The van der Waals surface area contributed by atoms with Crippen LogP contribution in [0.4, 0.5) is 0 Å². The zero-order valence-electron chi connectivity index (χ0n) is 10.9. The fraction of sp³-hybridized carbons (Fsp3) is 0.0588. The summed E-state index contributed by atoms with van der Waals surface area (Å²) in [7, 11) is 0. The first kappa shape index (κ1) is 12.2. The van der Waals surface area contributed by atoms with Crippen LogP contribution >= 0.6 is 0 Å². The van der Waals surface area contributed by atoms with E-state index in [1.165, 1.54) is 5.56 Å². The number of nitriles is 1. The molecule has 2 aromatic carbocycles. The molecule has 20 heavy (non-hydrogen) atoms. The fourth-order valence-corrected chi connectivity index (χ4v) is 2.17. The summed E-state index contributed by atoms with van der Waals surface area (Å²) >= 11 is 0. The highest BCUT2D eigenvalue weighted by Crippen LogP contribution is 2.19. The molecule has 3 aromatic rings. The minimum Gasteiger partial charge on any atom is -0.327 e. The third kappa shape index (κ3) is 2.45. The molecule has 0 N–H and O–H groups in total. The second kappa shape index (κ2) is 5.41. The van der Waals surface area contributed by atoms with Crippen molar-refractivity contribution < 1.29 is 0 Å². The van der Waals surface area contributed by atoms with Crippen molar-refractivity contribution in [1.82, 2.24) is 9.55 Å². The van der Waals surface area contributed by atoms with Crippen LogP contribution in [0.2, 0.25) is 0 Å². The Balaban J connectivity index is 1.92. The molecule has 3 rings (SSSR count). The van der Waals surface area contributed by atoms with Crippen LogP contribution in [-0.2, 0) is 6.54 Å². The van der Waals surface area contributed by atoms with E-state index in [0.29, 0.717) is 5.56 Å². The fourth-order valence-electron chi connectivity index (χ4n) is 2.17. The third-order valence-electron chi connectivity index (χ3n) is 3.18. The molecule has 1 heterocycles. The van der Waals surface area contributed by atoms with Gasteiger partial charge in [0.15, 0.2) is 0 Å². The molecule has 3 heteroatoms. The Labute approximate surface area is 117 Å². The van der Waals surface area contributed by atoms with Crippen molar-refractivity contribution in [2.24, 2.45) is 0 Å². The van der Waals surface area contributed by atoms with Crippen LogP contribution in [0.3, 0.4) is 0 Å². The monoisotopic (exact) mass is 259 g/mol. The highest BCUT2D eigenvalue weighted by atomic mass is 15.1. The zero-order valence-corrected chi connectivity index (χ0v) is 10.9. The third-order valence-corrected chi connectivity index (χ3v) is 3.18. The van der Waals surface area contributed by atoms with E-state index in [2.05, 4.69) is 27.8 Å². The van der Waals surface area contributed by atoms with Crippen molar-refractivity contribution in [2.75, 3.05) is 0 Å². The van der Waals surface area contributed by atoms with E-state index in [4.69, 9.17) is 5.26 Å². The number of hydrogen-bond acceptors (Lipinski definition) is 2. The summed E-state index contributed by atoms with van der Waals surface area (Å²) in [5.74, 6) is 0.915. The quantitative estimate of drug-likeness (QED) is 0.722. The molecule has 0 radical (unpaired) electrons. The molecule has 0 bridgehead atoms. The predicted molar refractivity (Wildman–Crippen MR) is 77.9 cm³/mol. The lowest BCUT2D eigenvalue weighted by Crippen LogP contribution is -2.00. The summed E-state index contributed by atoms with van der Waals surface area (Å²) in [5, 5.41) is 8.84. The molecular formula is C17H13N3. The Bertz CT molecular complexity index is 734. The maximum atomic E-state index is 8.84. The van der Waals surface area contributed by atoms with Crippen LogP contribution in [0, 0.1) is 11.3 Å². The number of hydrogen-bond donors (Lipinski definition) is 0. The molecule has 0 amide bonds. The van der Waals surface area contributed by atoms with Gasteiger partial charge >= 0.3 is 0 Å². The molecule has 0 atom stereocenters. The Morgan fingerprint density at radius 3 is 2.45 bits per heavy atom. The van der Waals surface area contributed by atoms with E-state index in [-0.39, 0.29) is 0 Å². The van der Waals surface area contributed by atoms with Gasteiger partial charge in [-0.2, -0.15) is 5.26 Å². The molecule has 0 aliphatic rings. The second-order valence-electron chi connectivity index (χ2n) is 4.55. The lowest BCUT2D eigenvalue weighted by atomic mass is 10.1. The normalized spacial score (nSPS) is 10.2. The Hall–Kier alpha value is -2.86. The zero-order chi connectivity index (χ0) is 13.8. The molecule has 3 nitrogen and oxygen atoms in total. The molecule has 96 valence electrons. The first-order valence-electron chi connectivity index (χ1n) is 6.42. The summed E-state index contributed by atoms with van der Waals surface area (Å²) in [6.07, 6.45) is 3.77. The summed E-state index contributed by atoms with van der Waals surface area (Å²) in [6.45, 7) is 0.788. The molecule has 0 saturated carbocycles. The minimum atomic E-state index is 0.662. The van der Waals surface area contributed by atoms with Gasteiger partial charge in [-0.15, -0.1) is 0 Å². The van der Waals surface area contributed by atoms with Gasteiger partial charge in [0.2, 0.25) is 0 Å². The Morgan fingerprint density at radius 1 is 1.00 bits per heavy atom. The predicted octanol–water partition coefficient (Wildman–Crippen LogP) is 3.47. The van der Waals surface area contributed by atoms with Crippen LogP contribution in [0.15, 0.2) is 67.0 Å². The van der Waals surface area contributed by atoms with Gasteiger partial charge in [-0.25, -0.2) is 4.98 Å². The number of imidazole rings is 1. The largest absolute Gasteiger partial charge is 0.327 e. The molecule has 0 unspecified atom stereocenters. The van der Waals surface area contributed by atoms with E-state index >= 15 is 0 Å². The Morgan fingerprint density at radius 2 is 1.75 bits per heavy atom. The van der Waals surface area contributed by atoms with Crippen molar-refractivity contribution in [3.05, 3.63) is 78.1 Å². The van der Waals surface area contributed by atoms with Crippen LogP contribution in [-0.4, -0.2) is 9.55 Å². The highest BCUT2D eigenvalue weighted by Gasteiger charge is 2.06. The van der Waals surface area contributed by atoms with E-state index in [9.17, 15) is 0 Å². The summed E-state index contributed by atoms with van der Waals surface area (Å²) < 4.78 is 2.11. The molecule has 0 aliphatic heterocycles. The van der Waals surface area contributed by atoms with Gasteiger partial charge in [-0.3, -0.25) is 0 Å². The van der Waals surface area contributed by atoms with Gasteiger partial charge in [0, 0.05) is 24.5 Å². The number of aromatic nitrogens is 2. The van der Waals surface area contributed by atoms with Crippen molar-refractivity contribution in [3.63, 3.8) is 0 Å². The van der Waals surface area contributed by atoms with Gasteiger partial charge in [0.1, 0.15) is 5.82 Å². The molecule has 0 aliphatic carbocycles. The number of benzene rings is 2. The number of nitrogens with zero attached hydrogens (tertiary/aromatic N) is 3. The Kier molecular flexibility index (Phi) is 3.30. The second-order valence-corrected chi connectivity index (χ2v) is 4.55. The van der Waals surface area contributed by atoms with Crippen LogP contribution in [0.1, 0.15) is 11.1 Å². The molecule has 1 aromatic heterocycles. The van der Waals surface area contributed by atoms with Crippen LogP contribution < -0.4 is 0 Å². The van der Waals surface area contributed by atoms with Gasteiger partial charge in [0.05, 0.1) is 11.6 Å². The maximum absolute atomic E-state index is 8.84.